The van der Waals surface area contributed by atoms with Gasteiger partial charge in [-0.25, -0.2) is 0 Å². The molecule has 0 radical (unpaired) electrons. The van der Waals surface area contributed by atoms with E-state index < -0.39 is 0 Å². The maximum Gasteiger partial charge on any atom is 0.241 e. The molecule has 1 amide bonds. The largest absolute Gasteiger partial charge is 0.323 e. The van der Waals surface area contributed by atoms with Crippen LogP contribution < -0.4 is 5.32 Å². The van der Waals surface area contributed by atoms with Gasteiger partial charge in [0.15, 0.2) is 0 Å². The molecule has 1 fully saturated rings. The van der Waals surface area contributed by atoms with Crippen LogP contribution in [-0.2, 0) is 4.79 Å². The fourth-order valence-corrected chi connectivity index (χ4v) is 3.41. The maximum absolute atomic E-state index is 12.9. The van der Waals surface area contributed by atoms with E-state index in [9.17, 15) is 4.79 Å². The molecule has 3 atom stereocenters. The molecule has 1 aliphatic rings. The van der Waals surface area contributed by atoms with E-state index in [-0.39, 0.29) is 12.2 Å². The predicted octanol–water partition coefficient (Wildman–Crippen LogP) is 4.17. The number of unbranched alkanes of at least 4 members (excludes halogenated alkanes) is 1. The zero-order chi connectivity index (χ0) is 16.0. The highest BCUT2D eigenvalue weighted by atomic mass is 16.2. The van der Waals surface area contributed by atoms with Gasteiger partial charge >= 0.3 is 0 Å². The minimum absolute atomic E-state index is 0.00901. The molecule has 21 heavy (non-hydrogen) atoms. The van der Waals surface area contributed by atoms with E-state index in [4.69, 9.17) is 0 Å². The average Bonchev–Trinajstić information content (AvgIpc) is 2.71. The third-order valence-corrected chi connectivity index (χ3v) is 4.50. The summed E-state index contributed by atoms with van der Waals surface area (Å²) >= 11 is 0. The van der Waals surface area contributed by atoms with Gasteiger partial charge in [0.05, 0.1) is 12.2 Å². The van der Waals surface area contributed by atoms with Crippen LogP contribution >= 0.6 is 0 Å². The van der Waals surface area contributed by atoms with Gasteiger partial charge in [0.25, 0.3) is 0 Å². The second-order valence-electron chi connectivity index (χ2n) is 7.36. The Hall–Kier alpha value is -0.570. The molecule has 124 valence electrons. The zero-order valence-electron chi connectivity index (χ0n) is 15.0. The molecule has 0 aromatic rings. The predicted molar refractivity (Wildman–Crippen MR) is 90.1 cm³/mol. The van der Waals surface area contributed by atoms with Crippen molar-refractivity contribution in [1.29, 1.82) is 0 Å². The summed E-state index contributed by atoms with van der Waals surface area (Å²) in [4.78, 5) is 15.1. The highest BCUT2D eigenvalue weighted by molar-refractivity contribution is 5.85. The monoisotopic (exact) mass is 296 g/mol. The molecule has 0 aliphatic carbocycles. The number of nitrogens with one attached hydrogen (secondary N) is 1. The maximum atomic E-state index is 12.9. The van der Waals surface area contributed by atoms with Gasteiger partial charge in [-0.05, 0) is 31.1 Å². The van der Waals surface area contributed by atoms with Gasteiger partial charge < -0.3 is 4.90 Å². The number of carbonyl (C=O) groups excluding carboxylic acids is 1. The summed E-state index contributed by atoms with van der Waals surface area (Å²) in [6.07, 6.45) is 7.15. The summed E-state index contributed by atoms with van der Waals surface area (Å²) in [6, 6.07) is 0.428. The van der Waals surface area contributed by atoms with Gasteiger partial charge in [-0.15, -0.1) is 0 Å². The molecule has 3 heteroatoms. The Morgan fingerprint density at radius 2 is 1.76 bits per heavy atom. The lowest BCUT2D eigenvalue weighted by atomic mass is 10.00. The van der Waals surface area contributed by atoms with Gasteiger partial charge in [-0.1, -0.05) is 60.8 Å². The Kier molecular flexibility index (Phi) is 7.72. The zero-order valence-corrected chi connectivity index (χ0v) is 15.0. The third kappa shape index (κ3) is 4.98. The van der Waals surface area contributed by atoms with Crippen molar-refractivity contribution in [1.82, 2.24) is 10.2 Å². The van der Waals surface area contributed by atoms with Gasteiger partial charge in [-0.3, -0.25) is 10.1 Å². The highest BCUT2D eigenvalue weighted by Crippen LogP contribution is 2.27. The molecule has 1 saturated heterocycles. The number of amides is 1. The van der Waals surface area contributed by atoms with Crippen LogP contribution in [0, 0.1) is 11.8 Å². The number of rotatable bonds is 9. The standard InChI is InChI=1S/C18H36N2O/c1-7-9-11-15(10-8-2)20-16(12-13(3)4)19-17(14(5)6)18(20)21/h13-17,19H,7-12H2,1-6H3. The van der Waals surface area contributed by atoms with Crippen LogP contribution in [0.2, 0.25) is 0 Å². The van der Waals surface area contributed by atoms with Crippen molar-refractivity contribution in [2.45, 2.75) is 98.3 Å². The Labute approximate surface area is 131 Å². The summed E-state index contributed by atoms with van der Waals surface area (Å²) in [6.45, 7) is 13.2. The van der Waals surface area contributed by atoms with Crippen LogP contribution in [0.1, 0.15) is 80.1 Å². The average molecular weight is 296 g/mol. The molecule has 0 aromatic heterocycles. The van der Waals surface area contributed by atoms with E-state index in [1.165, 1.54) is 12.8 Å². The van der Waals surface area contributed by atoms with Crippen LogP contribution in [0.4, 0.5) is 0 Å². The third-order valence-electron chi connectivity index (χ3n) is 4.50. The lowest BCUT2D eigenvalue weighted by molar-refractivity contribution is -0.133. The molecule has 1 heterocycles. The number of hydrogen-bond acceptors (Lipinski definition) is 2. The lowest BCUT2D eigenvalue weighted by Crippen LogP contribution is -2.45. The number of carbonyl (C=O) groups is 1. The second kappa shape index (κ2) is 8.77. The molecule has 0 spiro atoms. The lowest BCUT2D eigenvalue weighted by Gasteiger charge is -2.33. The van der Waals surface area contributed by atoms with Crippen molar-refractivity contribution in [2.75, 3.05) is 0 Å². The first-order valence-electron chi connectivity index (χ1n) is 9.00. The summed E-state index contributed by atoms with van der Waals surface area (Å²) in [7, 11) is 0. The number of nitrogens with zero attached hydrogens (tertiary/aromatic N) is 1. The summed E-state index contributed by atoms with van der Waals surface area (Å²) < 4.78 is 0. The quantitative estimate of drug-likeness (QED) is 0.692. The van der Waals surface area contributed by atoms with Gasteiger partial charge in [0, 0.05) is 6.04 Å². The minimum Gasteiger partial charge on any atom is -0.323 e. The molecule has 0 aromatic carbocycles. The van der Waals surface area contributed by atoms with Gasteiger partial charge in [0.1, 0.15) is 0 Å². The SMILES string of the molecule is CCCCC(CCC)N1C(=O)C(C(C)C)NC1CC(C)C. The Balaban J connectivity index is 2.90. The summed E-state index contributed by atoms with van der Waals surface area (Å²) in [5.74, 6) is 1.31. The smallest absolute Gasteiger partial charge is 0.241 e. The van der Waals surface area contributed by atoms with Crippen LogP contribution in [0.15, 0.2) is 0 Å². The van der Waals surface area contributed by atoms with Crippen molar-refractivity contribution in [3.63, 3.8) is 0 Å². The molecule has 1 rings (SSSR count). The first-order valence-corrected chi connectivity index (χ1v) is 9.00. The van der Waals surface area contributed by atoms with Gasteiger partial charge in [-0.2, -0.15) is 0 Å². The summed E-state index contributed by atoms with van der Waals surface area (Å²) in [5, 5.41) is 3.61. The van der Waals surface area contributed by atoms with Crippen molar-refractivity contribution >= 4 is 5.91 Å². The molecular formula is C18H36N2O. The van der Waals surface area contributed by atoms with Crippen molar-refractivity contribution in [3.05, 3.63) is 0 Å². The first kappa shape index (κ1) is 18.5. The van der Waals surface area contributed by atoms with E-state index in [1.54, 1.807) is 0 Å². The van der Waals surface area contributed by atoms with E-state index in [0.717, 1.165) is 25.7 Å². The van der Waals surface area contributed by atoms with Crippen LogP contribution in [-0.4, -0.2) is 29.1 Å². The highest BCUT2D eigenvalue weighted by Gasteiger charge is 2.42. The van der Waals surface area contributed by atoms with Crippen LogP contribution in [0.25, 0.3) is 0 Å². The van der Waals surface area contributed by atoms with Gasteiger partial charge in [0.2, 0.25) is 5.91 Å². The Bertz CT molecular complexity index is 314. The van der Waals surface area contributed by atoms with Crippen molar-refractivity contribution < 1.29 is 4.79 Å². The molecule has 1 aliphatic heterocycles. The molecular weight excluding hydrogens is 260 g/mol. The van der Waals surface area contributed by atoms with E-state index in [2.05, 4.69) is 51.8 Å². The van der Waals surface area contributed by atoms with E-state index >= 15 is 0 Å². The first-order chi connectivity index (χ1) is 9.92. The second-order valence-corrected chi connectivity index (χ2v) is 7.36. The molecule has 0 saturated carbocycles. The Morgan fingerprint density at radius 3 is 2.24 bits per heavy atom. The van der Waals surface area contributed by atoms with Crippen LogP contribution in [0.3, 0.4) is 0 Å². The number of hydrogen-bond donors (Lipinski definition) is 1. The van der Waals surface area contributed by atoms with E-state index in [0.29, 0.717) is 23.8 Å². The fraction of sp³-hybridized carbons (Fsp3) is 0.944. The summed E-state index contributed by atoms with van der Waals surface area (Å²) in [5.41, 5.74) is 0. The Morgan fingerprint density at radius 1 is 1.10 bits per heavy atom. The molecule has 1 N–H and O–H groups in total. The van der Waals surface area contributed by atoms with Crippen LogP contribution in [0.5, 0.6) is 0 Å². The molecule has 0 bridgehead atoms. The minimum atomic E-state index is 0.00901. The van der Waals surface area contributed by atoms with Crippen molar-refractivity contribution in [2.24, 2.45) is 11.8 Å². The van der Waals surface area contributed by atoms with E-state index in [1.807, 2.05) is 0 Å². The topological polar surface area (TPSA) is 32.3 Å². The normalized spacial score (nSPS) is 24.4. The fourth-order valence-electron chi connectivity index (χ4n) is 3.41. The van der Waals surface area contributed by atoms with Crippen molar-refractivity contribution in [3.8, 4) is 0 Å². The molecule has 3 nitrogen and oxygen atoms in total. The molecule has 3 unspecified atom stereocenters.